The molecule has 1 N–H and O–H groups in total. The van der Waals surface area contributed by atoms with E-state index in [1.807, 2.05) is 29.6 Å². The molecule has 1 aromatic heterocycles. The minimum atomic E-state index is 0.0848. The van der Waals surface area contributed by atoms with Crippen molar-refractivity contribution in [2.75, 3.05) is 0 Å². The number of hydrogen-bond donors (Lipinski definition) is 1. The molecule has 2 fully saturated rings. The van der Waals surface area contributed by atoms with E-state index in [9.17, 15) is 4.79 Å². The van der Waals surface area contributed by atoms with Gasteiger partial charge in [0.15, 0.2) is 0 Å². The summed E-state index contributed by atoms with van der Waals surface area (Å²) < 4.78 is 5.77. The number of amides is 1. The maximum absolute atomic E-state index is 12.4. The summed E-state index contributed by atoms with van der Waals surface area (Å²) in [4.78, 5) is 17.0. The Morgan fingerprint density at radius 1 is 1.30 bits per heavy atom. The summed E-state index contributed by atoms with van der Waals surface area (Å²) in [7, 11) is 0. The van der Waals surface area contributed by atoms with Gasteiger partial charge in [0.05, 0.1) is 12.1 Å². The average Bonchev–Trinajstić information content (AvgIpc) is 3.38. The number of carbonyl (C=O) groups excluding carboxylic acids is 1. The van der Waals surface area contributed by atoms with E-state index in [1.165, 1.54) is 31.2 Å². The summed E-state index contributed by atoms with van der Waals surface area (Å²) in [5.41, 5.74) is 2.05. The third-order valence-electron chi connectivity index (χ3n) is 6.15. The molecule has 0 spiro atoms. The fourth-order valence-corrected chi connectivity index (χ4v) is 5.46. The van der Waals surface area contributed by atoms with Crippen molar-refractivity contribution >= 4 is 17.2 Å². The third kappa shape index (κ3) is 4.52. The van der Waals surface area contributed by atoms with Gasteiger partial charge in [0.1, 0.15) is 17.4 Å². The highest BCUT2D eigenvalue weighted by Gasteiger charge is 2.42. The molecule has 4 nitrogen and oxygen atoms in total. The van der Waals surface area contributed by atoms with Crippen molar-refractivity contribution in [2.24, 2.45) is 17.8 Å². The van der Waals surface area contributed by atoms with Gasteiger partial charge in [-0.3, -0.25) is 4.79 Å². The minimum Gasteiger partial charge on any atom is -0.486 e. The van der Waals surface area contributed by atoms with Gasteiger partial charge in [0, 0.05) is 11.4 Å². The number of thiazole rings is 1. The highest BCUT2D eigenvalue weighted by Crippen LogP contribution is 2.49. The van der Waals surface area contributed by atoms with Gasteiger partial charge in [-0.25, -0.2) is 4.98 Å². The molecule has 27 heavy (non-hydrogen) atoms. The molecule has 2 saturated carbocycles. The monoisotopic (exact) mass is 384 g/mol. The molecule has 2 aliphatic rings. The number of carbonyl (C=O) groups is 1. The van der Waals surface area contributed by atoms with Crippen LogP contribution in [0, 0.1) is 24.7 Å². The predicted octanol–water partition coefficient (Wildman–Crippen LogP) is 4.51. The fourth-order valence-electron chi connectivity index (χ4n) is 4.76. The zero-order valence-electron chi connectivity index (χ0n) is 16.1. The Hall–Kier alpha value is -1.88. The zero-order chi connectivity index (χ0) is 18.8. The normalized spacial score (nSPS) is 24.7. The van der Waals surface area contributed by atoms with Crippen molar-refractivity contribution < 1.29 is 9.53 Å². The number of fused-ring (bicyclic) bond motifs is 2. The van der Waals surface area contributed by atoms with Crippen LogP contribution in [0.15, 0.2) is 29.6 Å². The Morgan fingerprint density at radius 2 is 2.11 bits per heavy atom. The van der Waals surface area contributed by atoms with Gasteiger partial charge in [-0.05, 0) is 63.0 Å². The fraction of sp³-hybridized carbons (Fsp3) is 0.545. The number of rotatable bonds is 7. The average molecular weight is 385 g/mol. The summed E-state index contributed by atoms with van der Waals surface area (Å²) in [5, 5.41) is 6.09. The SMILES string of the molecule is Cc1ccc(OCc2nc(CC(=O)NC(C)C3CC4CCC3C4)cs2)cc1. The topological polar surface area (TPSA) is 51.2 Å². The van der Waals surface area contributed by atoms with Crippen molar-refractivity contribution in [3.8, 4) is 5.75 Å². The van der Waals surface area contributed by atoms with Gasteiger partial charge >= 0.3 is 0 Å². The number of ether oxygens (including phenoxy) is 1. The van der Waals surface area contributed by atoms with Gasteiger partial charge in [-0.15, -0.1) is 11.3 Å². The highest BCUT2D eigenvalue weighted by atomic mass is 32.1. The number of aromatic nitrogens is 1. The van der Waals surface area contributed by atoms with Crippen LogP contribution in [0.4, 0.5) is 0 Å². The summed E-state index contributed by atoms with van der Waals surface area (Å²) in [6.45, 7) is 4.67. The summed E-state index contributed by atoms with van der Waals surface area (Å²) in [6, 6.07) is 8.27. The third-order valence-corrected chi connectivity index (χ3v) is 7.02. The summed E-state index contributed by atoms with van der Waals surface area (Å²) in [5.74, 6) is 3.34. The van der Waals surface area contributed by atoms with Crippen LogP contribution < -0.4 is 10.1 Å². The second kappa shape index (κ2) is 8.01. The Morgan fingerprint density at radius 3 is 2.81 bits per heavy atom. The van der Waals surface area contributed by atoms with Gasteiger partial charge < -0.3 is 10.1 Å². The standard InChI is InChI=1S/C22H28N2O2S/c1-14-3-7-19(8-4-14)26-12-22-24-18(13-27-22)11-21(25)23-15(2)20-10-16-5-6-17(20)9-16/h3-4,7-8,13,15-17,20H,5-6,9-12H2,1-2H3,(H,23,25). The minimum absolute atomic E-state index is 0.0848. The molecule has 4 unspecified atom stereocenters. The molecule has 0 saturated heterocycles. The number of aryl methyl sites for hydroxylation is 1. The Bertz CT molecular complexity index is 786. The summed E-state index contributed by atoms with van der Waals surface area (Å²) in [6.07, 6.45) is 5.77. The molecule has 2 aliphatic carbocycles. The number of nitrogens with one attached hydrogen (secondary N) is 1. The molecular formula is C22H28N2O2S. The van der Waals surface area contributed by atoms with Crippen molar-refractivity contribution in [2.45, 2.75) is 58.6 Å². The lowest BCUT2D eigenvalue weighted by molar-refractivity contribution is -0.121. The molecule has 2 bridgehead atoms. The van der Waals surface area contributed by atoms with E-state index in [0.29, 0.717) is 18.9 Å². The van der Waals surface area contributed by atoms with E-state index >= 15 is 0 Å². The molecule has 1 heterocycles. The van der Waals surface area contributed by atoms with E-state index in [0.717, 1.165) is 28.3 Å². The second-order valence-electron chi connectivity index (χ2n) is 8.21. The first-order valence-electron chi connectivity index (χ1n) is 9.99. The van der Waals surface area contributed by atoms with Crippen molar-refractivity contribution in [1.82, 2.24) is 10.3 Å². The first-order valence-corrected chi connectivity index (χ1v) is 10.9. The molecule has 5 heteroatoms. The summed E-state index contributed by atoms with van der Waals surface area (Å²) >= 11 is 1.55. The largest absolute Gasteiger partial charge is 0.486 e. The molecule has 1 amide bonds. The van der Waals surface area contributed by atoms with Crippen molar-refractivity contribution in [1.29, 1.82) is 0 Å². The number of hydrogen-bond acceptors (Lipinski definition) is 4. The van der Waals surface area contributed by atoms with E-state index in [1.54, 1.807) is 11.3 Å². The van der Waals surface area contributed by atoms with Crippen LogP contribution in [0.2, 0.25) is 0 Å². The Labute approximate surface area is 165 Å². The number of benzene rings is 1. The molecule has 144 valence electrons. The number of nitrogens with zero attached hydrogens (tertiary/aromatic N) is 1. The molecule has 4 atom stereocenters. The van der Waals surface area contributed by atoms with Crippen LogP contribution in [0.3, 0.4) is 0 Å². The molecule has 4 rings (SSSR count). The highest BCUT2D eigenvalue weighted by molar-refractivity contribution is 7.09. The molecule has 0 radical (unpaired) electrons. The maximum Gasteiger partial charge on any atom is 0.226 e. The first-order chi connectivity index (χ1) is 13.1. The Kier molecular flexibility index (Phi) is 5.48. The Balaban J connectivity index is 1.24. The molecule has 0 aliphatic heterocycles. The van der Waals surface area contributed by atoms with E-state index in [-0.39, 0.29) is 11.9 Å². The first kappa shape index (κ1) is 18.5. The lowest BCUT2D eigenvalue weighted by atomic mass is 9.84. The zero-order valence-corrected chi connectivity index (χ0v) is 16.9. The quantitative estimate of drug-likeness (QED) is 0.764. The van der Waals surface area contributed by atoms with Gasteiger partial charge in [-0.2, -0.15) is 0 Å². The van der Waals surface area contributed by atoms with Gasteiger partial charge in [0.2, 0.25) is 5.91 Å². The van der Waals surface area contributed by atoms with E-state index in [4.69, 9.17) is 4.74 Å². The van der Waals surface area contributed by atoms with E-state index < -0.39 is 0 Å². The predicted molar refractivity (Wildman–Crippen MR) is 108 cm³/mol. The van der Waals surface area contributed by atoms with Crippen LogP contribution >= 0.6 is 11.3 Å². The lowest BCUT2D eigenvalue weighted by Gasteiger charge is -2.28. The van der Waals surface area contributed by atoms with E-state index in [2.05, 4.69) is 24.1 Å². The smallest absolute Gasteiger partial charge is 0.226 e. The van der Waals surface area contributed by atoms with Crippen LogP contribution in [0.5, 0.6) is 5.75 Å². The molecule has 1 aromatic carbocycles. The van der Waals surface area contributed by atoms with Crippen molar-refractivity contribution in [3.05, 3.63) is 45.9 Å². The van der Waals surface area contributed by atoms with Crippen LogP contribution in [0.1, 0.15) is 48.9 Å². The second-order valence-corrected chi connectivity index (χ2v) is 9.15. The maximum atomic E-state index is 12.4. The molecule has 2 aromatic rings. The van der Waals surface area contributed by atoms with Crippen LogP contribution in [0.25, 0.3) is 0 Å². The van der Waals surface area contributed by atoms with Crippen LogP contribution in [-0.4, -0.2) is 16.9 Å². The van der Waals surface area contributed by atoms with Crippen molar-refractivity contribution in [3.63, 3.8) is 0 Å². The van der Waals surface area contributed by atoms with Gasteiger partial charge in [0.25, 0.3) is 0 Å². The lowest BCUT2D eigenvalue weighted by Crippen LogP contribution is -2.40. The van der Waals surface area contributed by atoms with Crippen LogP contribution in [-0.2, 0) is 17.8 Å². The van der Waals surface area contributed by atoms with Gasteiger partial charge in [-0.1, -0.05) is 24.1 Å². The molecular weight excluding hydrogens is 356 g/mol.